The number of unbranched alkanes of at least 4 members (excludes halogenated alkanes) is 24. The maximum Gasteiger partial charge on any atom is 0.306 e. The van der Waals surface area contributed by atoms with Gasteiger partial charge in [0.2, 0.25) is 0 Å². The highest BCUT2D eigenvalue weighted by Gasteiger charge is 2.19. The minimum atomic E-state index is -0.785. The summed E-state index contributed by atoms with van der Waals surface area (Å²) in [6.07, 6.45) is 53.4. The monoisotopic (exact) mass is 783 g/mol. The average molecular weight is 783 g/mol. The third-order valence-electron chi connectivity index (χ3n) is 9.91. The molecule has 6 heteroatoms. The molecule has 1 atom stereocenters. The number of hydrogen-bond acceptors (Lipinski definition) is 6. The maximum atomic E-state index is 12.7. The maximum absolute atomic E-state index is 12.7. The summed E-state index contributed by atoms with van der Waals surface area (Å²) in [7, 11) is 0. The lowest BCUT2D eigenvalue weighted by Crippen LogP contribution is -2.30. The molecule has 0 rings (SSSR count). The van der Waals surface area contributed by atoms with E-state index in [0.29, 0.717) is 19.3 Å². The summed E-state index contributed by atoms with van der Waals surface area (Å²) in [5, 5.41) is 0. The van der Waals surface area contributed by atoms with E-state index in [2.05, 4.69) is 32.9 Å². The Labute approximate surface area is 345 Å². The summed E-state index contributed by atoms with van der Waals surface area (Å²) in [5.74, 6) is -0.929. The zero-order chi connectivity index (χ0) is 40.8. The predicted octanol–water partition coefficient (Wildman–Crippen LogP) is 14.9. The Balaban J connectivity index is 4.45. The Morgan fingerprint density at radius 2 is 0.696 bits per heavy atom. The number of allylic oxidation sites excluding steroid dienone is 10. The highest BCUT2D eigenvalue weighted by Crippen LogP contribution is 2.15. The van der Waals surface area contributed by atoms with E-state index in [1.165, 1.54) is 109 Å². The fourth-order valence-electron chi connectivity index (χ4n) is 6.40. The molecule has 56 heavy (non-hydrogen) atoms. The highest BCUT2D eigenvalue weighted by molar-refractivity contribution is 5.71. The van der Waals surface area contributed by atoms with Crippen molar-refractivity contribution in [2.24, 2.45) is 0 Å². The van der Waals surface area contributed by atoms with E-state index in [4.69, 9.17) is 14.2 Å². The molecule has 0 N–H and O–H groups in total. The number of ether oxygens (including phenoxy) is 3. The van der Waals surface area contributed by atoms with E-state index in [1.807, 2.05) is 48.6 Å². The van der Waals surface area contributed by atoms with Gasteiger partial charge in [0.25, 0.3) is 0 Å². The number of esters is 3. The Morgan fingerprint density at radius 1 is 0.375 bits per heavy atom. The van der Waals surface area contributed by atoms with Crippen LogP contribution in [0.1, 0.15) is 220 Å². The second kappa shape index (κ2) is 44.8. The second-order valence-electron chi connectivity index (χ2n) is 15.4. The summed E-state index contributed by atoms with van der Waals surface area (Å²) in [6, 6.07) is 0. The number of carbonyl (C=O) groups is 3. The van der Waals surface area contributed by atoms with Crippen LogP contribution in [0.4, 0.5) is 0 Å². The topological polar surface area (TPSA) is 78.9 Å². The zero-order valence-corrected chi connectivity index (χ0v) is 36.6. The number of rotatable bonds is 41. The van der Waals surface area contributed by atoms with Gasteiger partial charge in [-0.15, -0.1) is 0 Å². The van der Waals surface area contributed by atoms with Crippen molar-refractivity contribution in [2.45, 2.75) is 226 Å². The molecule has 0 aromatic carbocycles. The molecule has 0 aromatic rings. The van der Waals surface area contributed by atoms with Gasteiger partial charge >= 0.3 is 17.9 Å². The lowest BCUT2D eigenvalue weighted by atomic mass is 10.0. The highest BCUT2D eigenvalue weighted by atomic mass is 16.6. The molecule has 0 radical (unpaired) electrons. The first-order valence-corrected chi connectivity index (χ1v) is 23.4. The molecule has 0 saturated heterocycles. The van der Waals surface area contributed by atoms with E-state index in [9.17, 15) is 14.4 Å². The molecule has 0 heterocycles. The van der Waals surface area contributed by atoms with E-state index in [1.54, 1.807) is 0 Å². The van der Waals surface area contributed by atoms with Gasteiger partial charge in [0.15, 0.2) is 6.10 Å². The molecule has 6 nitrogen and oxygen atoms in total. The van der Waals surface area contributed by atoms with Crippen molar-refractivity contribution in [2.75, 3.05) is 13.2 Å². The van der Waals surface area contributed by atoms with E-state index >= 15 is 0 Å². The van der Waals surface area contributed by atoms with Crippen LogP contribution >= 0.6 is 0 Å². The fourth-order valence-corrected chi connectivity index (χ4v) is 6.40. The zero-order valence-electron chi connectivity index (χ0n) is 36.6. The first kappa shape index (κ1) is 53.1. The van der Waals surface area contributed by atoms with Crippen molar-refractivity contribution in [1.82, 2.24) is 0 Å². The molecular weight excluding hydrogens is 697 g/mol. The molecule has 0 fully saturated rings. The van der Waals surface area contributed by atoms with Gasteiger partial charge in [-0.05, 0) is 38.5 Å². The van der Waals surface area contributed by atoms with Crippen LogP contribution in [0.3, 0.4) is 0 Å². The first-order chi connectivity index (χ1) is 27.5. The van der Waals surface area contributed by atoms with Crippen LogP contribution in [-0.4, -0.2) is 37.2 Å². The van der Waals surface area contributed by atoms with Crippen molar-refractivity contribution in [3.05, 3.63) is 60.8 Å². The van der Waals surface area contributed by atoms with Gasteiger partial charge in [-0.2, -0.15) is 0 Å². The van der Waals surface area contributed by atoms with Gasteiger partial charge in [0.05, 0.1) is 0 Å². The molecule has 0 amide bonds. The number of hydrogen-bond donors (Lipinski definition) is 0. The third-order valence-corrected chi connectivity index (χ3v) is 9.91. The smallest absolute Gasteiger partial charge is 0.306 e. The van der Waals surface area contributed by atoms with Crippen molar-refractivity contribution in [1.29, 1.82) is 0 Å². The van der Waals surface area contributed by atoms with Gasteiger partial charge in [-0.1, -0.05) is 223 Å². The van der Waals surface area contributed by atoms with Crippen LogP contribution in [0.2, 0.25) is 0 Å². The van der Waals surface area contributed by atoms with Crippen molar-refractivity contribution in [3.63, 3.8) is 0 Å². The van der Waals surface area contributed by atoms with Crippen molar-refractivity contribution < 1.29 is 28.6 Å². The molecule has 0 spiro atoms. The van der Waals surface area contributed by atoms with Gasteiger partial charge in [-0.3, -0.25) is 14.4 Å². The lowest BCUT2D eigenvalue weighted by Gasteiger charge is -2.18. The van der Waals surface area contributed by atoms with Crippen LogP contribution in [0.15, 0.2) is 60.8 Å². The van der Waals surface area contributed by atoms with Gasteiger partial charge in [-0.25, -0.2) is 0 Å². The van der Waals surface area contributed by atoms with E-state index in [-0.39, 0.29) is 31.1 Å². The average Bonchev–Trinajstić information content (AvgIpc) is 3.19. The molecule has 0 aliphatic rings. The molecule has 0 aliphatic heterocycles. The van der Waals surface area contributed by atoms with Crippen LogP contribution < -0.4 is 0 Å². The third kappa shape index (κ3) is 42.3. The molecule has 322 valence electrons. The molecule has 0 aliphatic carbocycles. The summed E-state index contributed by atoms with van der Waals surface area (Å²) in [6.45, 7) is 6.44. The van der Waals surface area contributed by atoms with Crippen LogP contribution in [0, 0.1) is 0 Å². The second-order valence-corrected chi connectivity index (χ2v) is 15.4. The Morgan fingerprint density at radius 3 is 1.09 bits per heavy atom. The Hall–Kier alpha value is -2.89. The van der Waals surface area contributed by atoms with Crippen molar-refractivity contribution >= 4 is 17.9 Å². The van der Waals surface area contributed by atoms with Crippen molar-refractivity contribution in [3.8, 4) is 0 Å². The normalized spacial score (nSPS) is 12.6. The Kier molecular flexibility index (Phi) is 42.5. The van der Waals surface area contributed by atoms with Crippen LogP contribution in [0.25, 0.3) is 0 Å². The van der Waals surface area contributed by atoms with Gasteiger partial charge in [0, 0.05) is 19.3 Å². The minimum Gasteiger partial charge on any atom is -0.462 e. The molecule has 0 bridgehead atoms. The lowest BCUT2D eigenvalue weighted by molar-refractivity contribution is -0.167. The SMILES string of the molecule is CC\C=C/C=C\C=C/C=C\C=C/CCCCCC(=O)OCC(COC(=O)CCCCCCCCCCCCC)OC(=O)CCCCCCCCCCCCCC. The van der Waals surface area contributed by atoms with Crippen LogP contribution in [-0.2, 0) is 28.6 Å². The summed E-state index contributed by atoms with van der Waals surface area (Å²) < 4.78 is 16.7. The van der Waals surface area contributed by atoms with Gasteiger partial charge < -0.3 is 14.2 Å². The molecule has 0 saturated carbocycles. The summed E-state index contributed by atoms with van der Waals surface area (Å²) in [4.78, 5) is 37.8. The Bertz CT molecular complexity index is 1040. The quantitative estimate of drug-likeness (QED) is 0.0266. The minimum absolute atomic E-state index is 0.0854. The van der Waals surface area contributed by atoms with E-state index in [0.717, 1.165) is 70.6 Å². The first-order valence-electron chi connectivity index (χ1n) is 23.4. The summed E-state index contributed by atoms with van der Waals surface area (Å²) in [5.41, 5.74) is 0. The molecule has 0 aromatic heterocycles. The summed E-state index contributed by atoms with van der Waals surface area (Å²) >= 11 is 0. The predicted molar refractivity (Wildman–Crippen MR) is 238 cm³/mol. The standard InChI is InChI=1S/C50H86O6/c1-4-7-10-13-16-19-22-24-25-26-29-31-34-37-40-43-49(52)55-46-47(45-54-48(51)42-39-36-33-30-27-21-18-15-12-9-6-3)56-50(53)44-41-38-35-32-28-23-20-17-14-11-8-5-2/h7,10,13,16,19,22,24-26,29,47H,4-6,8-9,11-12,14-15,17-18,20-21,23,27-28,30-46H2,1-3H3/b10-7-,16-13-,22-19-,25-24-,29-26-. The largest absolute Gasteiger partial charge is 0.462 e. The molecule has 1 unspecified atom stereocenters. The van der Waals surface area contributed by atoms with E-state index < -0.39 is 6.10 Å². The fraction of sp³-hybridized carbons (Fsp3) is 0.740. The van der Waals surface area contributed by atoms with Crippen LogP contribution in [0.5, 0.6) is 0 Å². The number of carbonyl (C=O) groups excluding carboxylic acids is 3. The molecular formula is C50H86O6. The van der Waals surface area contributed by atoms with Gasteiger partial charge in [0.1, 0.15) is 13.2 Å².